The Bertz CT molecular complexity index is 342. The Balaban J connectivity index is 2.29. The predicted octanol–water partition coefficient (Wildman–Crippen LogP) is 2.10. The normalized spacial score (nSPS) is 29.7. The molecule has 1 aliphatic carbocycles. The minimum Gasteiger partial charge on any atom is -0.360 e. The maximum atomic E-state index is 13.6. The van der Waals surface area contributed by atoms with Crippen molar-refractivity contribution in [2.75, 3.05) is 13.1 Å². The van der Waals surface area contributed by atoms with E-state index in [4.69, 9.17) is 4.74 Å². The van der Waals surface area contributed by atoms with E-state index in [0.29, 0.717) is 0 Å². The molecule has 0 amide bonds. The third-order valence-electron chi connectivity index (χ3n) is 2.53. The zero-order valence-electron chi connectivity index (χ0n) is 9.09. The van der Waals surface area contributed by atoms with E-state index in [0.717, 1.165) is 18.7 Å². The van der Waals surface area contributed by atoms with E-state index >= 15 is 0 Å². The maximum absolute atomic E-state index is 13.6. The fourth-order valence-electron chi connectivity index (χ4n) is 1.79. The van der Waals surface area contributed by atoms with Crippen LogP contribution in [0.2, 0.25) is 0 Å². The first-order valence-corrected chi connectivity index (χ1v) is 5.20. The molecule has 0 aromatic heterocycles. The summed E-state index contributed by atoms with van der Waals surface area (Å²) in [5.41, 5.74) is 0.724. The Morgan fingerprint density at radius 1 is 1.53 bits per heavy atom. The monoisotopic (exact) mass is 209 g/mol. The van der Waals surface area contributed by atoms with E-state index in [1.165, 1.54) is 6.08 Å². The van der Waals surface area contributed by atoms with Gasteiger partial charge in [0.1, 0.15) is 11.9 Å². The molecule has 1 N–H and O–H groups in total. The molecule has 0 aromatic carbocycles. The van der Waals surface area contributed by atoms with Crippen LogP contribution in [0.25, 0.3) is 0 Å². The third-order valence-corrected chi connectivity index (χ3v) is 2.53. The molecular formula is C12H16FNO. The zero-order chi connectivity index (χ0) is 10.9. The van der Waals surface area contributed by atoms with E-state index in [-0.39, 0.29) is 11.4 Å². The van der Waals surface area contributed by atoms with E-state index in [1.807, 2.05) is 26.0 Å². The van der Waals surface area contributed by atoms with Gasteiger partial charge in [0.2, 0.25) is 0 Å². The van der Waals surface area contributed by atoms with Crippen molar-refractivity contribution < 1.29 is 9.13 Å². The fraction of sp³-hybridized carbons (Fsp3) is 0.500. The summed E-state index contributed by atoms with van der Waals surface area (Å²) in [6.07, 6.45) is 6.41. The second-order valence-electron chi connectivity index (χ2n) is 4.55. The van der Waals surface area contributed by atoms with E-state index in [2.05, 4.69) is 5.32 Å². The lowest BCUT2D eigenvalue weighted by Crippen LogP contribution is -2.42. The highest BCUT2D eigenvalue weighted by Gasteiger charge is 2.27. The van der Waals surface area contributed by atoms with Gasteiger partial charge < -0.3 is 10.1 Å². The number of ether oxygens (including phenoxy) is 1. The van der Waals surface area contributed by atoms with Crippen LogP contribution in [0.1, 0.15) is 13.8 Å². The molecular weight excluding hydrogens is 193 g/mol. The van der Waals surface area contributed by atoms with Crippen LogP contribution < -0.4 is 5.32 Å². The molecule has 1 unspecified atom stereocenters. The van der Waals surface area contributed by atoms with Gasteiger partial charge in [0.25, 0.3) is 0 Å². The average Bonchev–Trinajstić information content (AvgIpc) is 2.27. The minimum atomic E-state index is -0.535. The molecule has 2 nitrogen and oxygen atoms in total. The topological polar surface area (TPSA) is 21.3 Å². The second kappa shape index (κ2) is 3.91. The minimum absolute atomic E-state index is 0.226. The van der Waals surface area contributed by atoms with E-state index in [9.17, 15) is 4.39 Å². The first kappa shape index (κ1) is 10.6. The third kappa shape index (κ3) is 2.55. The van der Waals surface area contributed by atoms with Crippen LogP contribution >= 0.6 is 0 Å². The summed E-state index contributed by atoms with van der Waals surface area (Å²) in [7, 11) is 0. The highest BCUT2D eigenvalue weighted by Crippen LogP contribution is 2.23. The number of hydrogen-bond donors (Lipinski definition) is 1. The Kier molecular flexibility index (Phi) is 2.76. The van der Waals surface area contributed by atoms with Gasteiger partial charge in [0.05, 0.1) is 5.60 Å². The lowest BCUT2D eigenvalue weighted by atomic mass is 10.1. The summed E-state index contributed by atoms with van der Waals surface area (Å²) in [6.45, 7) is 5.41. The number of nitrogens with one attached hydrogen (secondary N) is 1. The molecule has 2 bridgehead atoms. The highest BCUT2D eigenvalue weighted by atomic mass is 19.1. The highest BCUT2D eigenvalue weighted by molar-refractivity contribution is 5.33. The van der Waals surface area contributed by atoms with Gasteiger partial charge in [-0.05, 0) is 31.6 Å². The van der Waals surface area contributed by atoms with Crippen molar-refractivity contribution >= 4 is 0 Å². The van der Waals surface area contributed by atoms with Crippen LogP contribution in [0.3, 0.4) is 0 Å². The maximum Gasteiger partial charge on any atom is 0.133 e. The molecule has 1 aliphatic heterocycles. The molecule has 2 rings (SSSR count). The number of allylic oxidation sites excluding steroid dienone is 2. The summed E-state index contributed by atoms with van der Waals surface area (Å²) >= 11 is 0. The second-order valence-corrected chi connectivity index (χ2v) is 4.55. The van der Waals surface area contributed by atoms with E-state index < -0.39 is 6.10 Å². The molecule has 82 valence electrons. The van der Waals surface area contributed by atoms with Gasteiger partial charge in [-0.15, -0.1) is 0 Å². The van der Waals surface area contributed by atoms with Gasteiger partial charge in [-0.25, -0.2) is 4.39 Å². The molecule has 0 aromatic rings. The molecule has 3 heteroatoms. The van der Waals surface area contributed by atoms with Crippen molar-refractivity contribution in [2.24, 2.45) is 0 Å². The Hall–Kier alpha value is -0.930. The lowest BCUT2D eigenvalue weighted by Gasteiger charge is -2.31. The largest absolute Gasteiger partial charge is 0.360 e. The molecule has 0 saturated carbocycles. The molecule has 2 aliphatic rings. The summed E-state index contributed by atoms with van der Waals surface area (Å²) in [5, 5.41) is 3.29. The quantitative estimate of drug-likeness (QED) is 0.659. The SMILES string of the molecule is CC1(C)CNCC2=CC(O1)C(F)=CC=C2. The molecule has 0 saturated heterocycles. The zero-order valence-corrected chi connectivity index (χ0v) is 9.09. The molecule has 15 heavy (non-hydrogen) atoms. The van der Waals surface area contributed by atoms with Crippen LogP contribution in [0, 0.1) is 0 Å². The summed E-state index contributed by atoms with van der Waals surface area (Å²) in [5.74, 6) is -0.226. The molecule has 1 atom stereocenters. The van der Waals surface area contributed by atoms with Crippen LogP contribution in [0.4, 0.5) is 4.39 Å². The molecule has 0 fully saturated rings. The Morgan fingerprint density at radius 2 is 2.33 bits per heavy atom. The van der Waals surface area contributed by atoms with Crippen molar-refractivity contribution in [3.8, 4) is 0 Å². The summed E-state index contributed by atoms with van der Waals surface area (Å²) < 4.78 is 19.3. The van der Waals surface area contributed by atoms with Crippen molar-refractivity contribution in [3.05, 3.63) is 35.7 Å². The van der Waals surface area contributed by atoms with Gasteiger partial charge >= 0.3 is 0 Å². The van der Waals surface area contributed by atoms with Crippen molar-refractivity contribution in [2.45, 2.75) is 25.6 Å². The predicted molar refractivity (Wildman–Crippen MR) is 58.2 cm³/mol. The summed E-state index contributed by atoms with van der Waals surface area (Å²) in [6, 6.07) is 0. The number of halogens is 1. The fourth-order valence-corrected chi connectivity index (χ4v) is 1.79. The average molecular weight is 209 g/mol. The number of rotatable bonds is 0. The molecule has 1 heterocycles. The van der Waals surface area contributed by atoms with Gasteiger partial charge in [-0.1, -0.05) is 12.2 Å². The van der Waals surface area contributed by atoms with Crippen LogP contribution in [-0.4, -0.2) is 24.8 Å². The standard InChI is InChI=1S/C12H16FNO/c1-12(2)8-14-7-9-4-3-5-10(13)11(6-9)15-12/h3-6,11,14H,7-8H2,1-2H3. The first-order chi connectivity index (χ1) is 7.07. The van der Waals surface area contributed by atoms with Crippen molar-refractivity contribution in [3.63, 3.8) is 0 Å². The Labute approximate surface area is 89.5 Å². The van der Waals surface area contributed by atoms with Crippen LogP contribution in [0.15, 0.2) is 35.7 Å². The number of hydrogen-bond acceptors (Lipinski definition) is 2. The van der Waals surface area contributed by atoms with Crippen LogP contribution in [-0.2, 0) is 4.74 Å². The van der Waals surface area contributed by atoms with Gasteiger partial charge in [-0.2, -0.15) is 0 Å². The van der Waals surface area contributed by atoms with Crippen molar-refractivity contribution in [1.82, 2.24) is 5.32 Å². The molecule has 0 radical (unpaired) electrons. The van der Waals surface area contributed by atoms with Gasteiger partial charge in [0, 0.05) is 13.1 Å². The smallest absolute Gasteiger partial charge is 0.133 e. The van der Waals surface area contributed by atoms with Gasteiger partial charge in [-0.3, -0.25) is 0 Å². The van der Waals surface area contributed by atoms with Crippen molar-refractivity contribution in [1.29, 1.82) is 0 Å². The molecule has 0 spiro atoms. The first-order valence-electron chi connectivity index (χ1n) is 5.20. The Morgan fingerprint density at radius 3 is 3.13 bits per heavy atom. The summed E-state index contributed by atoms with van der Waals surface area (Å²) in [4.78, 5) is 0. The van der Waals surface area contributed by atoms with Gasteiger partial charge in [0.15, 0.2) is 0 Å². The van der Waals surface area contributed by atoms with Crippen LogP contribution in [0.5, 0.6) is 0 Å². The number of fused-ring (bicyclic) bond motifs is 1. The lowest BCUT2D eigenvalue weighted by molar-refractivity contribution is -0.0438. The van der Waals surface area contributed by atoms with E-state index in [1.54, 1.807) is 6.08 Å².